The van der Waals surface area contributed by atoms with Crippen molar-refractivity contribution in [3.8, 4) is 5.75 Å². The van der Waals surface area contributed by atoms with E-state index >= 15 is 0 Å². The van der Waals surface area contributed by atoms with E-state index in [-0.39, 0.29) is 11.9 Å². The molecular weight excluding hydrogens is 281 g/mol. The molecule has 0 fully saturated rings. The van der Waals surface area contributed by atoms with E-state index in [0.717, 1.165) is 13.0 Å². The van der Waals surface area contributed by atoms with Crippen LogP contribution in [0.25, 0.3) is 0 Å². The molecule has 0 radical (unpaired) electrons. The summed E-state index contributed by atoms with van der Waals surface area (Å²) in [7, 11) is 1.56. The molecule has 1 heterocycles. The maximum Gasteiger partial charge on any atom is 0.193 e. The molecule has 20 heavy (non-hydrogen) atoms. The number of benzene rings is 1. The Bertz CT molecular complexity index is 571. The molecule has 3 nitrogen and oxygen atoms in total. The van der Waals surface area contributed by atoms with Gasteiger partial charge in [-0.1, -0.05) is 6.92 Å². The topological polar surface area (TPSA) is 34.4 Å². The summed E-state index contributed by atoms with van der Waals surface area (Å²) >= 11 is 5.83. The number of methoxy groups -OCH3 is 1. The summed E-state index contributed by atoms with van der Waals surface area (Å²) in [5, 5.41) is 3.62. The fraction of sp³-hybridized carbons (Fsp3) is 0.333. The van der Waals surface area contributed by atoms with Crippen LogP contribution in [0.1, 0.15) is 30.7 Å². The van der Waals surface area contributed by atoms with Gasteiger partial charge < -0.3 is 14.5 Å². The lowest BCUT2D eigenvalue weighted by Gasteiger charge is -2.19. The minimum absolute atomic E-state index is 0.298. The fourth-order valence-corrected chi connectivity index (χ4v) is 2.22. The lowest BCUT2D eigenvalue weighted by atomic mass is 10.0. The van der Waals surface area contributed by atoms with Gasteiger partial charge in [0.05, 0.1) is 13.2 Å². The van der Waals surface area contributed by atoms with Crippen molar-refractivity contribution in [2.75, 3.05) is 13.7 Å². The van der Waals surface area contributed by atoms with Gasteiger partial charge in [-0.3, -0.25) is 0 Å². The summed E-state index contributed by atoms with van der Waals surface area (Å²) in [6, 6.07) is 7.57. The predicted molar refractivity (Wildman–Crippen MR) is 76.8 cm³/mol. The van der Waals surface area contributed by atoms with Gasteiger partial charge in [0.15, 0.2) is 5.22 Å². The first-order chi connectivity index (χ1) is 9.65. The Hall–Kier alpha value is -1.52. The highest BCUT2D eigenvalue weighted by atomic mass is 35.5. The molecular formula is C15H17ClFNO2. The van der Waals surface area contributed by atoms with E-state index in [1.165, 1.54) is 12.1 Å². The SMILES string of the molecule is CCCNC(c1ccc(Cl)o1)c1cc(F)ccc1OC. The van der Waals surface area contributed by atoms with Crippen LogP contribution in [-0.2, 0) is 0 Å². The standard InChI is InChI=1S/C15H17ClFNO2/c1-3-8-18-15(13-6-7-14(16)20-13)11-9-10(17)4-5-12(11)19-2/h4-7,9,15,18H,3,8H2,1-2H3. The summed E-state index contributed by atoms with van der Waals surface area (Å²) in [5.41, 5.74) is 0.687. The molecule has 0 aliphatic heterocycles. The highest BCUT2D eigenvalue weighted by Gasteiger charge is 2.21. The molecule has 0 bridgehead atoms. The number of halogens is 2. The highest BCUT2D eigenvalue weighted by Crippen LogP contribution is 2.32. The van der Waals surface area contributed by atoms with Gasteiger partial charge >= 0.3 is 0 Å². The van der Waals surface area contributed by atoms with Crippen LogP contribution in [0.15, 0.2) is 34.7 Å². The third-order valence-corrected chi connectivity index (χ3v) is 3.18. The molecule has 0 aliphatic carbocycles. The smallest absolute Gasteiger partial charge is 0.193 e. The first-order valence-corrected chi connectivity index (χ1v) is 6.85. The maximum atomic E-state index is 13.5. The van der Waals surface area contributed by atoms with E-state index in [2.05, 4.69) is 12.2 Å². The van der Waals surface area contributed by atoms with Crippen molar-refractivity contribution < 1.29 is 13.5 Å². The van der Waals surface area contributed by atoms with Crippen molar-refractivity contribution in [2.45, 2.75) is 19.4 Å². The van der Waals surface area contributed by atoms with Crippen LogP contribution in [0.2, 0.25) is 5.22 Å². The van der Waals surface area contributed by atoms with Crippen LogP contribution in [0.3, 0.4) is 0 Å². The summed E-state index contributed by atoms with van der Waals surface area (Å²) < 4.78 is 24.3. The molecule has 1 aromatic carbocycles. The van der Waals surface area contributed by atoms with Gasteiger partial charge in [0.1, 0.15) is 17.3 Å². The fourth-order valence-electron chi connectivity index (χ4n) is 2.07. The van der Waals surface area contributed by atoms with E-state index in [4.69, 9.17) is 20.8 Å². The van der Waals surface area contributed by atoms with E-state index < -0.39 is 0 Å². The Morgan fingerprint density at radius 3 is 2.75 bits per heavy atom. The number of hydrogen-bond acceptors (Lipinski definition) is 3. The van der Waals surface area contributed by atoms with E-state index in [1.807, 2.05) is 0 Å². The Labute approximate surface area is 122 Å². The summed E-state index contributed by atoms with van der Waals surface area (Å²) in [6.45, 7) is 2.82. The van der Waals surface area contributed by atoms with Crippen molar-refractivity contribution >= 4 is 11.6 Å². The molecule has 0 saturated heterocycles. The molecule has 108 valence electrons. The Morgan fingerprint density at radius 2 is 2.15 bits per heavy atom. The van der Waals surface area contributed by atoms with Crippen LogP contribution >= 0.6 is 11.6 Å². The molecule has 1 atom stereocenters. The third-order valence-electron chi connectivity index (χ3n) is 2.98. The summed E-state index contributed by atoms with van der Waals surface area (Å²) in [4.78, 5) is 0. The quantitative estimate of drug-likeness (QED) is 0.869. The largest absolute Gasteiger partial charge is 0.496 e. The van der Waals surface area contributed by atoms with Crippen molar-refractivity contribution in [1.29, 1.82) is 0 Å². The molecule has 5 heteroatoms. The second-order valence-corrected chi connectivity index (χ2v) is 4.79. The molecule has 1 unspecified atom stereocenters. The number of ether oxygens (including phenoxy) is 1. The van der Waals surface area contributed by atoms with Gasteiger partial charge in [-0.05, 0) is 54.9 Å². The highest BCUT2D eigenvalue weighted by molar-refractivity contribution is 6.28. The first kappa shape index (κ1) is 14.9. The van der Waals surface area contributed by atoms with E-state index in [9.17, 15) is 4.39 Å². The lowest BCUT2D eigenvalue weighted by molar-refractivity contribution is 0.391. The zero-order valence-electron chi connectivity index (χ0n) is 11.5. The molecule has 0 spiro atoms. The molecule has 0 saturated carbocycles. The van der Waals surface area contributed by atoms with Crippen molar-refractivity contribution in [1.82, 2.24) is 5.32 Å². The van der Waals surface area contributed by atoms with Gasteiger partial charge in [-0.2, -0.15) is 0 Å². The normalized spacial score (nSPS) is 12.4. The van der Waals surface area contributed by atoms with Crippen LogP contribution in [-0.4, -0.2) is 13.7 Å². The zero-order chi connectivity index (χ0) is 14.5. The molecule has 1 aromatic heterocycles. The van der Waals surface area contributed by atoms with Crippen LogP contribution in [0.5, 0.6) is 5.75 Å². The third kappa shape index (κ3) is 3.32. The Balaban J connectivity index is 2.42. The predicted octanol–water partition coefficient (Wildman–Crippen LogP) is 4.17. The number of nitrogens with one attached hydrogen (secondary N) is 1. The second-order valence-electron chi connectivity index (χ2n) is 4.42. The number of rotatable bonds is 6. The Morgan fingerprint density at radius 1 is 1.35 bits per heavy atom. The average molecular weight is 298 g/mol. The van der Waals surface area contributed by atoms with E-state index in [1.54, 1.807) is 25.3 Å². The second kappa shape index (κ2) is 6.77. The molecule has 0 amide bonds. The zero-order valence-corrected chi connectivity index (χ0v) is 12.2. The summed E-state index contributed by atoms with van der Waals surface area (Å²) in [5.74, 6) is 0.918. The van der Waals surface area contributed by atoms with Crippen molar-refractivity contribution in [3.63, 3.8) is 0 Å². The molecule has 2 aromatic rings. The summed E-state index contributed by atoms with van der Waals surface area (Å²) in [6.07, 6.45) is 0.947. The number of hydrogen-bond donors (Lipinski definition) is 1. The lowest BCUT2D eigenvalue weighted by Crippen LogP contribution is -2.23. The first-order valence-electron chi connectivity index (χ1n) is 6.47. The van der Waals surface area contributed by atoms with Gasteiger partial charge in [0, 0.05) is 5.56 Å². The van der Waals surface area contributed by atoms with Gasteiger partial charge in [0.25, 0.3) is 0 Å². The Kier molecular flexibility index (Phi) is 5.04. The monoisotopic (exact) mass is 297 g/mol. The van der Waals surface area contributed by atoms with Crippen LogP contribution in [0.4, 0.5) is 4.39 Å². The molecule has 2 rings (SSSR count). The van der Waals surface area contributed by atoms with Crippen LogP contribution in [0, 0.1) is 5.82 Å². The minimum Gasteiger partial charge on any atom is -0.496 e. The minimum atomic E-state index is -0.318. The van der Waals surface area contributed by atoms with Gasteiger partial charge in [-0.15, -0.1) is 0 Å². The van der Waals surface area contributed by atoms with Crippen molar-refractivity contribution in [2.24, 2.45) is 0 Å². The van der Waals surface area contributed by atoms with Gasteiger partial charge in [0.2, 0.25) is 0 Å². The maximum absolute atomic E-state index is 13.5. The van der Waals surface area contributed by atoms with E-state index in [0.29, 0.717) is 22.3 Å². The van der Waals surface area contributed by atoms with Crippen molar-refractivity contribution in [3.05, 3.63) is 52.7 Å². The van der Waals surface area contributed by atoms with Gasteiger partial charge in [-0.25, -0.2) is 4.39 Å². The molecule has 0 aliphatic rings. The van der Waals surface area contributed by atoms with Crippen LogP contribution < -0.4 is 10.1 Å². The number of furan rings is 1. The molecule has 1 N–H and O–H groups in total. The average Bonchev–Trinajstić information content (AvgIpc) is 2.86.